The molecule has 3 rings (SSSR count). The number of urea groups is 1. The second-order valence-electron chi connectivity index (χ2n) is 6.38. The minimum absolute atomic E-state index is 0.296. The lowest BCUT2D eigenvalue weighted by molar-refractivity contribution is -0.135. The summed E-state index contributed by atoms with van der Waals surface area (Å²) in [4.78, 5) is 38.1. The van der Waals surface area contributed by atoms with E-state index in [9.17, 15) is 14.4 Å². The largest absolute Gasteiger partial charge is 0.466 e. The average Bonchev–Trinajstić information content (AvgIpc) is 3.19. The zero-order valence-corrected chi connectivity index (χ0v) is 16.1. The molecule has 1 fully saturated rings. The molecule has 2 heterocycles. The predicted molar refractivity (Wildman–Crippen MR) is 99.3 cm³/mol. The van der Waals surface area contributed by atoms with Crippen LogP contribution in [0.5, 0.6) is 0 Å². The van der Waals surface area contributed by atoms with E-state index < -0.39 is 36.0 Å². The van der Waals surface area contributed by atoms with Gasteiger partial charge in [0.1, 0.15) is 12.3 Å². The van der Waals surface area contributed by atoms with Gasteiger partial charge in [-0.1, -0.05) is 29.3 Å². The lowest BCUT2D eigenvalue weighted by Crippen LogP contribution is -2.43. The number of imide groups is 1. The quantitative estimate of drug-likeness (QED) is 0.741. The topological polar surface area (TPSA) is 91.7 Å². The van der Waals surface area contributed by atoms with Crippen molar-refractivity contribution in [3.05, 3.63) is 58.0 Å². The van der Waals surface area contributed by atoms with E-state index in [0.717, 1.165) is 4.90 Å². The first kappa shape index (κ1) is 19.3. The zero-order chi connectivity index (χ0) is 19.8. The number of nitrogens with zero attached hydrogens (tertiary/aromatic N) is 1. The van der Waals surface area contributed by atoms with Crippen LogP contribution in [0.1, 0.15) is 31.2 Å². The van der Waals surface area contributed by atoms with Gasteiger partial charge in [0.05, 0.1) is 12.3 Å². The van der Waals surface area contributed by atoms with Crippen LogP contribution >= 0.6 is 23.2 Å². The fourth-order valence-electron chi connectivity index (χ4n) is 2.93. The SMILES string of the molecule is CC(NC(=O)CN1C(=O)NC(C)(c2ccco2)C1=O)c1ccc(Cl)cc1Cl. The van der Waals surface area contributed by atoms with Gasteiger partial charge in [0.25, 0.3) is 5.91 Å². The summed E-state index contributed by atoms with van der Waals surface area (Å²) >= 11 is 12.0. The molecule has 0 aliphatic carbocycles. The Morgan fingerprint density at radius 2 is 2.07 bits per heavy atom. The highest BCUT2D eigenvalue weighted by Gasteiger charge is 2.51. The standard InChI is InChI=1S/C18H17Cl2N3O4/c1-10(12-6-5-11(19)8-13(12)20)21-15(24)9-23-16(25)18(2,22-17(23)26)14-4-3-7-27-14/h3-8,10H,9H2,1-2H3,(H,21,24)(H,22,26). The van der Waals surface area contributed by atoms with Crippen molar-refractivity contribution >= 4 is 41.0 Å². The van der Waals surface area contributed by atoms with Crippen molar-refractivity contribution in [1.82, 2.24) is 15.5 Å². The summed E-state index contributed by atoms with van der Waals surface area (Å²) in [6, 6.07) is 7.06. The van der Waals surface area contributed by atoms with Crippen molar-refractivity contribution in [1.29, 1.82) is 0 Å². The molecule has 4 amide bonds. The molecule has 1 aromatic carbocycles. The summed E-state index contributed by atoms with van der Waals surface area (Å²) in [5.74, 6) is -0.763. The summed E-state index contributed by atoms with van der Waals surface area (Å²) < 4.78 is 5.25. The number of hydrogen-bond donors (Lipinski definition) is 2. The fourth-order valence-corrected chi connectivity index (χ4v) is 3.50. The number of carbonyl (C=O) groups is 3. The van der Waals surface area contributed by atoms with Crippen molar-refractivity contribution in [2.75, 3.05) is 6.54 Å². The lowest BCUT2D eigenvalue weighted by atomic mass is 9.99. The second kappa shape index (κ2) is 7.25. The Labute approximate surface area is 165 Å². The third kappa shape index (κ3) is 3.65. The van der Waals surface area contributed by atoms with Crippen LogP contribution in [0.25, 0.3) is 0 Å². The zero-order valence-electron chi connectivity index (χ0n) is 14.6. The first-order valence-electron chi connectivity index (χ1n) is 8.15. The molecule has 0 radical (unpaired) electrons. The van der Waals surface area contributed by atoms with E-state index in [1.165, 1.54) is 13.2 Å². The fraction of sp³-hybridized carbons (Fsp3) is 0.278. The minimum Gasteiger partial charge on any atom is -0.466 e. The molecule has 0 spiro atoms. The molecule has 1 aliphatic heterocycles. The maximum absolute atomic E-state index is 12.7. The summed E-state index contributed by atoms with van der Waals surface area (Å²) in [6.07, 6.45) is 1.41. The van der Waals surface area contributed by atoms with Crippen LogP contribution in [0, 0.1) is 0 Å². The van der Waals surface area contributed by atoms with Gasteiger partial charge in [-0.2, -0.15) is 0 Å². The van der Waals surface area contributed by atoms with Crippen LogP contribution in [0.15, 0.2) is 41.0 Å². The maximum atomic E-state index is 12.7. The number of halogens is 2. The molecule has 0 saturated carbocycles. The van der Waals surface area contributed by atoms with Crippen molar-refractivity contribution in [3.63, 3.8) is 0 Å². The van der Waals surface area contributed by atoms with E-state index in [0.29, 0.717) is 21.4 Å². The molecule has 2 atom stereocenters. The Hall–Kier alpha value is -2.51. The van der Waals surface area contributed by atoms with E-state index in [2.05, 4.69) is 10.6 Å². The van der Waals surface area contributed by atoms with Crippen molar-refractivity contribution in [3.8, 4) is 0 Å². The summed E-state index contributed by atoms with van der Waals surface area (Å²) in [5.41, 5.74) is -0.668. The van der Waals surface area contributed by atoms with Crippen LogP contribution in [0.2, 0.25) is 10.0 Å². The Bertz CT molecular complexity index is 900. The maximum Gasteiger partial charge on any atom is 0.325 e. The molecule has 2 N–H and O–H groups in total. The molecule has 1 aromatic heterocycles. The Morgan fingerprint density at radius 3 is 2.70 bits per heavy atom. The highest BCUT2D eigenvalue weighted by molar-refractivity contribution is 6.35. The summed E-state index contributed by atoms with van der Waals surface area (Å²) in [5, 5.41) is 6.19. The van der Waals surface area contributed by atoms with Crippen LogP contribution in [0.4, 0.5) is 4.79 Å². The highest BCUT2D eigenvalue weighted by atomic mass is 35.5. The highest BCUT2D eigenvalue weighted by Crippen LogP contribution is 2.29. The number of hydrogen-bond acceptors (Lipinski definition) is 4. The average molecular weight is 410 g/mol. The number of rotatable bonds is 5. The van der Waals surface area contributed by atoms with Crippen molar-refractivity contribution < 1.29 is 18.8 Å². The predicted octanol–water partition coefficient (Wildman–Crippen LogP) is 3.23. The van der Waals surface area contributed by atoms with Crippen LogP contribution in [-0.4, -0.2) is 29.3 Å². The second-order valence-corrected chi connectivity index (χ2v) is 7.22. The molecular weight excluding hydrogens is 393 g/mol. The van der Waals surface area contributed by atoms with Gasteiger partial charge in [0, 0.05) is 10.0 Å². The van der Waals surface area contributed by atoms with Gasteiger partial charge in [0.2, 0.25) is 5.91 Å². The van der Waals surface area contributed by atoms with E-state index in [1.807, 2.05) is 0 Å². The van der Waals surface area contributed by atoms with Crippen molar-refractivity contribution in [2.45, 2.75) is 25.4 Å². The molecule has 7 nitrogen and oxygen atoms in total. The smallest absolute Gasteiger partial charge is 0.325 e. The Balaban J connectivity index is 1.69. The molecule has 2 unspecified atom stereocenters. The van der Waals surface area contributed by atoms with E-state index in [1.54, 1.807) is 37.3 Å². The Kier molecular flexibility index (Phi) is 5.17. The normalized spacial score (nSPS) is 20.5. The molecule has 27 heavy (non-hydrogen) atoms. The number of furan rings is 1. The molecule has 9 heteroatoms. The number of nitrogens with one attached hydrogen (secondary N) is 2. The molecule has 1 aliphatic rings. The first-order chi connectivity index (χ1) is 12.7. The van der Waals surface area contributed by atoms with Crippen LogP contribution < -0.4 is 10.6 Å². The first-order valence-corrected chi connectivity index (χ1v) is 8.90. The summed E-state index contributed by atoms with van der Waals surface area (Å²) in [6.45, 7) is 2.85. The number of carbonyl (C=O) groups excluding carboxylic acids is 3. The van der Waals surface area contributed by atoms with Gasteiger partial charge < -0.3 is 15.1 Å². The molecule has 142 valence electrons. The van der Waals surface area contributed by atoms with E-state index >= 15 is 0 Å². The van der Waals surface area contributed by atoms with Crippen molar-refractivity contribution in [2.24, 2.45) is 0 Å². The monoisotopic (exact) mass is 409 g/mol. The third-order valence-electron chi connectivity index (χ3n) is 4.40. The van der Waals surface area contributed by atoms with Gasteiger partial charge in [-0.15, -0.1) is 0 Å². The van der Waals surface area contributed by atoms with Crippen LogP contribution in [-0.2, 0) is 15.1 Å². The van der Waals surface area contributed by atoms with Gasteiger partial charge in [0.15, 0.2) is 5.54 Å². The Morgan fingerprint density at radius 1 is 1.33 bits per heavy atom. The van der Waals surface area contributed by atoms with E-state index in [-0.39, 0.29) is 0 Å². The minimum atomic E-state index is -1.34. The van der Waals surface area contributed by atoms with Gasteiger partial charge in [-0.25, -0.2) is 4.79 Å². The molecular formula is C18H17Cl2N3O4. The summed E-state index contributed by atoms with van der Waals surface area (Å²) in [7, 11) is 0. The molecule has 1 saturated heterocycles. The molecule has 0 bridgehead atoms. The number of amides is 4. The number of benzene rings is 1. The third-order valence-corrected chi connectivity index (χ3v) is 4.96. The van der Waals surface area contributed by atoms with Crippen LogP contribution in [0.3, 0.4) is 0 Å². The van der Waals surface area contributed by atoms with Gasteiger partial charge in [-0.3, -0.25) is 14.5 Å². The molecule has 2 aromatic rings. The van der Waals surface area contributed by atoms with Gasteiger partial charge in [-0.05, 0) is 43.7 Å². The lowest BCUT2D eigenvalue weighted by Gasteiger charge is -2.20. The van der Waals surface area contributed by atoms with E-state index in [4.69, 9.17) is 27.6 Å². The van der Waals surface area contributed by atoms with Gasteiger partial charge >= 0.3 is 6.03 Å².